The van der Waals surface area contributed by atoms with Gasteiger partial charge in [-0.15, -0.1) is 0 Å². The van der Waals surface area contributed by atoms with Gasteiger partial charge < -0.3 is 15.2 Å². The minimum atomic E-state index is -0.318. The Morgan fingerprint density at radius 3 is 2.74 bits per heavy atom. The van der Waals surface area contributed by atoms with E-state index in [0.29, 0.717) is 6.54 Å². The molecule has 2 N–H and O–H groups in total. The summed E-state index contributed by atoms with van der Waals surface area (Å²) < 4.78 is 0. The summed E-state index contributed by atoms with van der Waals surface area (Å²) in [5.41, 5.74) is 1.61. The molecular weight excluding hydrogens is 242 g/mol. The van der Waals surface area contributed by atoms with Crippen LogP contribution in [-0.4, -0.2) is 42.0 Å². The molecule has 0 spiro atoms. The Bertz CT molecular complexity index is 516. The van der Waals surface area contributed by atoms with Crippen LogP contribution in [0.5, 0.6) is 0 Å². The van der Waals surface area contributed by atoms with Gasteiger partial charge in [0.2, 0.25) is 0 Å². The lowest BCUT2D eigenvalue weighted by atomic mass is 10.1. The summed E-state index contributed by atoms with van der Waals surface area (Å²) in [5.74, 6) is -0.288. The molecule has 0 aliphatic carbocycles. The molecule has 0 atom stereocenters. The number of aromatic nitrogens is 1. The van der Waals surface area contributed by atoms with E-state index in [-0.39, 0.29) is 17.0 Å². The number of aromatic amines is 1. The van der Waals surface area contributed by atoms with Crippen molar-refractivity contribution in [3.8, 4) is 0 Å². The van der Waals surface area contributed by atoms with Crippen LogP contribution in [0.2, 0.25) is 0 Å². The summed E-state index contributed by atoms with van der Waals surface area (Å²) in [6.45, 7) is 7.37. The number of rotatable bonds is 4. The Hall–Kier alpha value is -1.62. The number of hydrogen-bond donors (Lipinski definition) is 2. The number of carbonyl (C=O) groups is 1. The van der Waals surface area contributed by atoms with Gasteiger partial charge in [-0.1, -0.05) is 0 Å². The molecule has 0 radical (unpaired) electrons. The Kier molecular flexibility index (Phi) is 4.37. The first-order valence-electron chi connectivity index (χ1n) is 6.79. The third-order valence-electron chi connectivity index (χ3n) is 3.65. The molecule has 2 heterocycles. The van der Waals surface area contributed by atoms with E-state index < -0.39 is 0 Å². The minimum Gasteiger partial charge on any atom is -0.351 e. The van der Waals surface area contributed by atoms with Crippen molar-refractivity contribution in [2.75, 3.05) is 26.2 Å². The normalized spacial score (nSPS) is 15.7. The largest absolute Gasteiger partial charge is 0.351 e. The van der Waals surface area contributed by atoms with Crippen molar-refractivity contribution in [1.82, 2.24) is 15.2 Å². The zero-order valence-electron chi connectivity index (χ0n) is 11.6. The lowest BCUT2D eigenvalue weighted by Gasteiger charge is -2.14. The lowest BCUT2D eigenvalue weighted by molar-refractivity contribution is 0.0948. The molecule has 1 amide bonds. The Morgan fingerprint density at radius 2 is 2.05 bits per heavy atom. The van der Waals surface area contributed by atoms with Gasteiger partial charge in [-0.25, -0.2) is 0 Å². The number of aryl methyl sites for hydroxylation is 2. The van der Waals surface area contributed by atoms with E-state index in [2.05, 4.69) is 15.2 Å². The number of H-pyrrole nitrogens is 1. The van der Waals surface area contributed by atoms with E-state index in [9.17, 15) is 9.59 Å². The maximum atomic E-state index is 12.0. The summed E-state index contributed by atoms with van der Waals surface area (Å²) in [4.78, 5) is 28.7. The molecule has 1 aliphatic heterocycles. The molecule has 1 aromatic rings. The number of carbonyl (C=O) groups excluding carboxylic acids is 1. The highest BCUT2D eigenvalue weighted by Gasteiger charge is 2.14. The van der Waals surface area contributed by atoms with E-state index in [1.165, 1.54) is 12.8 Å². The van der Waals surface area contributed by atoms with Gasteiger partial charge >= 0.3 is 0 Å². The molecule has 0 saturated carbocycles. The molecule has 0 aromatic carbocycles. The zero-order valence-corrected chi connectivity index (χ0v) is 11.6. The second-order valence-electron chi connectivity index (χ2n) is 5.12. The molecule has 5 heteroatoms. The highest BCUT2D eigenvalue weighted by Crippen LogP contribution is 2.06. The standard InChI is InChI=1S/C14H21N3O2/c1-10-9-12(14(19)16-11(10)2)13(18)15-5-8-17-6-3-4-7-17/h9H,3-8H2,1-2H3,(H,15,18)(H,16,19). The first kappa shape index (κ1) is 13.8. The maximum absolute atomic E-state index is 12.0. The SMILES string of the molecule is Cc1cc(C(=O)NCCN2CCCC2)c(=O)[nH]c1C. The van der Waals surface area contributed by atoms with Crippen molar-refractivity contribution in [3.63, 3.8) is 0 Å². The van der Waals surface area contributed by atoms with Gasteiger partial charge in [0.15, 0.2) is 0 Å². The fourth-order valence-electron chi connectivity index (χ4n) is 2.32. The summed E-state index contributed by atoms with van der Waals surface area (Å²) in [6.07, 6.45) is 2.48. The van der Waals surface area contributed by atoms with Crippen molar-refractivity contribution in [3.05, 3.63) is 33.2 Å². The first-order valence-corrected chi connectivity index (χ1v) is 6.79. The first-order chi connectivity index (χ1) is 9.08. The lowest BCUT2D eigenvalue weighted by Crippen LogP contribution is -2.36. The van der Waals surface area contributed by atoms with Gasteiger partial charge in [0.25, 0.3) is 11.5 Å². The van der Waals surface area contributed by atoms with Gasteiger partial charge in [-0.05, 0) is 51.4 Å². The van der Waals surface area contributed by atoms with E-state index in [0.717, 1.165) is 30.9 Å². The van der Waals surface area contributed by atoms with Crippen LogP contribution in [-0.2, 0) is 0 Å². The van der Waals surface area contributed by atoms with Gasteiger partial charge in [-0.3, -0.25) is 9.59 Å². The molecule has 19 heavy (non-hydrogen) atoms. The quantitative estimate of drug-likeness (QED) is 0.845. The van der Waals surface area contributed by atoms with Crippen LogP contribution in [0.1, 0.15) is 34.5 Å². The number of nitrogens with zero attached hydrogens (tertiary/aromatic N) is 1. The number of amides is 1. The van der Waals surface area contributed by atoms with Gasteiger partial charge in [-0.2, -0.15) is 0 Å². The molecule has 1 aromatic heterocycles. The van der Waals surface area contributed by atoms with Crippen molar-refractivity contribution in [2.24, 2.45) is 0 Å². The van der Waals surface area contributed by atoms with Crippen molar-refractivity contribution < 1.29 is 4.79 Å². The molecule has 1 fully saturated rings. The van der Waals surface area contributed by atoms with Crippen LogP contribution in [0.25, 0.3) is 0 Å². The fraction of sp³-hybridized carbons (Fsp3) is 0.571. The van der Waals surface area contributed by atoms with E-state index in [1.54, 1.807) is 6.07 Å². The fourth-order valence-corrected chi connectivity index (χ4v) is 2.32. The zero-order chi connectivity index (χ0) is 13.8. The predicted octanol–water partition coefficient (Wildman–Crippen LogP) is 0.817. The van der Waals surface area contributed by atoms with Crippen LogP contribution >= 0.6 is 0 Å². The van der Waals surface area contributed by atoms with Crippen molar-refractivity contribution in [2.45, 2.75) is 26.7 Å². The average Bonchev–Trinajstić information content (AvgIpc) is 2.86. The molecule has 0 unspecified atom stereocenters. The predicted molar refractivity (Wildman–Crippen MR) is 74.5 cm³/mol. The van der Waals surface area contributed by atoms with E-state index in [1.807, 2.05) is 13.8 Å². The average molecular weight is 263 g/mol. The van der Waals surface area contributed by atoms with Gasteiger partial charge in [0.1, 0.15) is 5.56 Å². The molecular formula is C14H21N3O2. The number of likely N-dealkylation sites (tertiary alicyclic amines) is 1. The number of nitrogens with one attached hydrogen (secondary N) is 2. The van der Waals surface area contributed by atoms with Gasteiger partial charge in [0, 0.05) is 18.8 Å². The van der Waals surface area contributed by atoms with Crippen LogP contribution in [0.15, 0.2) is 10.9 Å². The Balaban J connectivity index is 1.92. The molecule has 0 bridgehead atoms. The Morgan fingerprint density at radius 1 is 1.37 bits per heavy atom. The minimum absolute atomic E-state index is 0.199. The summed E-state index contributed by atoms with van der Waals surface area (Å²) in [7, 11) is 0. The van der Waals surface area contributed by atoms with Crippen molar-refractivity contribution in [1.29, 1.82) is 0 Å². The molecule has 104 valence electrons. The molecule has 5 nitrogen and oxygen atoms in total. The second kappa shape index (κ2) is 6.02. The smallest absolute Gasteiger partial charge is 0.261 e. The third kappa shape index (κ3) is 3.44. The van der Waals surface area contributed by atoms with Crippen molar-refractivity contribution >= 4 is 5.91 Å². The summed E-state index contributed by atoms with van der Waals surface area (Å²) in [5, 5.41) is 2.81. The highest BCUT2D eigenvalue weighted by molar-refractivity contribution is 5.93. The summed E-state index contributed by atoms with van der Waals surface area (Å²) in [6, 6.07) is 1.65. The van der Waals surface area contributed by atoms with Gasteiger partial charge in [0.05, 0.1) is 0 Å². The molecule has 1 aliphatic rings. The van der Waals surface area contributed by atoms with Crippen LogP contribution in [0.4, 0.5) is 0 Å². The highest BCUT2D eigenvalue weighted by atomic mass is 16.2. The van der Waals surface area contributed by atoms with E-state index >= 15 is 0 Å². The maximum Gasteiger partial charge on any atom is 0.261 e. The Labute approximate surface area is 113 Å². The monoisotopic (exact) mass is 263 g/mol. The van der Waals surface area contributed by atoms with E-state index in [4.69, 9.17) is 0 Å². The van der Waals surface area contributed by atoms with Crippen LogP contribution in [0.3, 0.4) is 0 Å². The molecule has 1 saturated heterocycles. The topological polar surface area (TPSA) is 65.2 Å². The molecule has 2 rings (SSSR count). The third-order valence-corrected chi connectivity index (χ3v) is 3.65. The van der Waals surface area contributed by atoms with Crippen LogP contribution < -0.4 is 10.9 Å². The van der Waals surface area contributed by atoms with Crippen LogP contribution in [0, 0.1) is 13.8 Å². The number of hydrogen-bond acceptors (Lipinski definition) is 3. The number of pyridine rings is 1. The summed E-state index contributed by atoms with van der Waals surface area (Å²) >= 11 is 0. The second-order valence-corrected chi connectivity index (χ2v) is 5.12.